The van der Waals surface area contributed by atoms with Crippen LogP contribution in [0.25, 0.3) is 10.9 Å². The topological polar surface area (TPSA) is 48.5 Å². The zero-order chi connectivity index (χ0) is 19.8. The summed E-state index contributed by atoms with van der Waals surface area (Å²) in [6.07, 6.45) is 2.18. The number of fused-ring (bicyclic) bond motifs is 1. The summed E-state index contributed by atoms with van der Waals surface area (Å²) < 4.78 is 1.18. The van der Waals surface area contributed by atoms with Crippen molar-refractivity contribution >= 4 is 49.9 Å². The summed E-state index contributed by atoms with van der Waals surface area (Å²) in [5.41, 5.74) is 1.63. The Morgan fingerprint density at radius 2 is 1.93 bits per heavy atom. The fourth-order valence-electron chi connectivity index (χ4n) is 3.79. The summed E-state index contributed by atoms with van der Waals surface area (Å²) in [6, 6.07) is 14.6. The van der Waals surface area contributed by atoms with Gasteiger partial charge in [-0.1, -0.05) is 18.2 Å². The van der Waals surface area contributed by atoms with Crippen molar-refractivity contribution in [2.24, 2.45) is 0 Å². The number of hydrogen-bond donors (Lipinski definition) is 1. The number of hydrogen-bond acceptors (Lipinski definition) is 5. The van der Waals surface area contributed by atoms with E-state index in [1.807, 2.05) is 30.3 Å². The van der Waals surface area contributed by atoms with E-state index in [9.17, 15) is 4.79 Å². The molecule has 2 aromatic heterocycles. The molecule has 1 aliphatic carbocycles. The molecular weight excluding hydrogens is 448 g/mol. The molecule has 150 valence electrons. The van der Waals surface area contributed by atoms with Crippen LogP contribution in [0.3, 0.4) is 0 Å². The van der Waals surface area contributed by atoms with Crippen LogP contribution in [-0.2, 0) is 6.54 Å². The highest BCUT2D eigenvalue weighted by Crippen LogP contribution is 2.27. The normalized spacial score (nSPS) is 17.6. The third-order valence-corrected chi connectivity index (χ3v) is 7.17. The van der Waals surface area contributed by atoms with Crippen LogP contribution >= 0.6 is 27.3 Å². The highest BCUT2D eigenvalue weighted by Gasteiger charge is 2.26. The first-order valence-corrected chi connectivity index (χ1v) is 11.7. The largest absolute Gasteiger partial charge is 0.354 e. The molecule has 1 aromatic carbocycles. The number of anilines is 1. The number of carbonyl (C=O) groups is 1. The molecule has 0 atom stereocenters. The number of halogens is 1. The number of benzene rings is 1. The summed E-state index contributed by atoms with van der Waals surface area (Å²) in [4.78, 5) is 23.9. The van der Waals surface area contributed by atoms with Gasteiger partial charge in [0, 0.05) is 49.0 Å². The molecule has 1 N–H and O–H groups in total. The minimum atomic E-state index is 0.0225. The number of nitrogens with zero attached hydrogens (tertiary/aromatic N) is 3. The molecule has 0 spiro atoms. The average Bonchev–Trinajstić information content (AvgIpc) is 3.46. The van der Waals surface area contributed by atoms with E-state index in [4.69, 9.17) is 4.98 Å². The van der Waals surface area contributed by atoms with Crippen molar-refractivity contribution < 1.29 is 4.79 Å². The van der Waals surface area contributed by atoms with Crippen LogP contribution in [-0.4, -0.2) is 48.0 Å². The molecule has 3 heterocycles. The van der Waals surface area contributed by atoms with Gasteiger partial charge in [-0.25, -0.2) is 4.98 Å². The Hall–Kier alpha value is -1.96. The van der Waals surface area contributed by atoms with Gasteiger partial charge in [-0.15, -0.1) is 11.3 Å². The van der Waals surface area contributed by atoms with Crippen molar-refractivity contribution in [1.29, 1.82) is 0 Å². The fourth-order valence-corrected chi connectivity index (χ4v) is 5.32. The van der Waals surface area contributed by atoms with E-state index < -0.39 is 0 Å². The van der Waals surface area contributed by atoms with Crippen LogP contribution in [0.1, 0.15) is 28.1 Å². The molecule has 2 fully saturated rings. The number of piperazine rings is 1. The molecule has 5 rings (SSSR count). The molecular formula is C22H23BrN4OS. The second kappa shape index (κ2) is 8.05. The van der Waals surface area contributed by atoms with E-state index in [1.54, 1.807) is 11.3 Å². The SMILES string of the molecule is O=C(NC1CC1)c1cc(N2CCN(Cc3ccc(Br)s3)CC2)nc2ccccc12. The van der Waals surface area contributed by atoms with E-state index >= 15 is 0 Å². The first-order chi connectivity index (χ1) is 14.2. The van der Waals surface area contributed by atoms with E-state index in [0.29, 0.717) is 6.04 Å². The van der Waals surface area contributed by atoms with Crippen molar-refractivity contribution in [2.75, 3.05) is 31.1 Å². The zero-order valence-electron chi connectivity index (χ0n) is 16.1. The molecule has 1 aliphatic heterocycles. The number of carbonyl (C=O) groups excluding carboxylic acids is 1. The van der Waals surface area contributed by atoms with Gasteiger partial charge >= 0.3 is 0 Å². The van der Waals surface area contributed by atoms with Gasteiger partial charge in [0.15, 0.2) is 0 Å². The minimum Gasteiger partial charge on any atom is -0.354 e. The second-order valence-electron chi connectivity index (χ2n) is 7.76. The monoisotopic (exact) mass is 470 g/mol. The number of amides is 1. The molecule has 5 nitrogen and oxygen atoms in total. The van der Waals surface area contributed by atoms with Gasteiger partial charge in [0.2, 0.25) is 0 Å². The highest BCUT2D eigenvalue weighted by atomic mass is 79.9. The fraction of sp³-hybridized carbons (Fsp3) is 0.364. The van der Waals surface area contributed by atoms with Gasteiger partial charge < -0.3 is 10.2 Å². The van der Waals surface area contributed by atoms with Crippen molar-refractivity contribution in [3.8, 4) is 0 Å². The Kier molecular flexibility index (Phi) is 5.28. The Bertz CT molecular complexity index is 1040. The van der Waals surface area contributed by atoms with Gasteiger partial charge in [-0.3, -0.25) is 9.69 Å². The zero-order valence-corrected chi connectivity index (χ0v) is 18.5. The summed E-state index contributed by atoms with van der Waals surface area (Å²) in [5.74, 6) is 0.928. The third kappa shape index (κ3) is 4.32. The van der Waals surface area contributed by atoms with Crippen LogP contribution in [0, 0.1) is 0 Å². The molecule has 1 saturated carbocycles. The lowest BCUT2D eigenvalue weighted by Gasteiger charge is -2.35. The van der Waals surface area contributed by atoms with E-state index in [2.05, 4.69) is 43.2 Å². The van der Waals surface area contributed by atoms with Crippen LogP contribution in [0.15, 0.2) is 46.3 Å². The van der Waals surface area contributed by atoms with Crippen molar-refractivity contribution in [3.63, 3.8) is 0 Å². The van der Waals surface area contributed by atoms with Gasteiger partial charge in [0.25, 0.3) is 5.91 Å². The minimum absolute atomic E-state index is 0.0225. The Labute approximate surface area is 182 Å². The highest BCUT2D eigenvalue weighted by molar-refractivity contribution is 9.11. The van der Waals surface area contributed by atoms with E-state index in [0.717, 1.165) is 67.8 Å². The number of aromatic nitrogens is 1. The van der Waals surface area contributed by atoms with Crippen LogP contribution in [0.4, 0.5) is 5.82 Å². The van der Waals surface area contributed by atoms with Gasteiger partial charge in [-0.05, 0) is 53.0 Å². The summed E-state index contributed by atoms with van der Waals surface area (Å²) in [7, 11) is 0. The maximum atomic E-state index is 12.8. The van der Waals surface area contributed by atoms with Crippen molar-refractivity contribution in [1.82, 2.24) is 15.2 Å². The molecule has 1 amide bonds. The second-order valence-corrected chi connectivity index (χ2v) is 10.3. The van der Waals surface area contributed by atoms with Gasteiger partial charge in [0.1, 0.15) is 5.82 Å². The van der Waals surface area contributed by atoms with E-state index in [1.165, 1.54) is 8.66 Å². The molecule has 2 aliphatic rings. The van der Waals surface area contributed by atoms with Crippen LogP contribution < -0.4 is 10.2 Å². The average molecular weight is 471 g/mol. The molecule has 7 heteroatoms. The van der Waals surface area contributed by atoms with Crippen molar-refractivity contribution in [3.05, 3.63) is 56.7 Å². The summed E-state index contributed by atoms with van der Waals surface area (Å²) >= 11 is 5.34. The summed E-state index contributed by atoms with van der Waals surface area (Å²) in [5, 5.41) is 4.06. The predicted molar refractivity (Wildman–Crippen MR) is 122 cm³/mol. The first kappa shape index (κ1) is 19.0. The lowest BCUT2D eigenvalue weighted by atomic mass is 10.1. The first-order valence-electron chi connectivity index (χ1n) is 10.1. The van der Waals surface area contributed by atoms with Gasteiger partial charge in [-0.2, -0.15) is 0 Å². The Morgan fingerprint density at radius 3 is 2.66 bits per heavy atom. The van der Waals surface area contributed by atoms with Crippen LogP contribution in [0.2, 0.25) is 0 Å². The number of thiophene rings is 1. The number of rotatable bonds is 5. The van der Waals surface area contributed by atoms with E-state index in [-0.39, 0.29) is 5.91 Å². The number of nitrogens with one attached hydrogen (secondary N) is 1. The number of pyridine rings is 1. The number of para-hydroxylation sites is 1. The predicted octanol–water partition coefficient (Wildman–Crippen LogP) is 4.27. The lowest BCUT2D eigenvalue weighted by Crippen LogP contribution is -2.46. The maximum Gasteiger partial charge on any atom is 0.252 e. The quantitative estimate of drug-likeness (QED) is 0.604. The third-order valence-electron chi connectivity index (χ3n) is 5.56. The summed E-state index contributed by atoms with van der Waals surface area (Å²) in [6.45, 7) is 4.81. The lowest BCUT2D eigenvalue weighted by molar-refractivity contribution is 0.0952. The molecule has 0 radical (unpaired) electrons. The van der Waals surface area contributed by atoms with Crippen molar-refractivity contribution in [2.45, 2.75) is 25.4 Å². The van der Waals surface area contributed by atoms with Crippen LogP contribution in [0.5, 0.6) is 0 Å². The molecule has 1 saturated heterocycles. The smallest absolute Gasteiger partial charge is 0.252 e. The Morgan fingerprint density at radius 1 is 1.14 bits per heavy atom. The standard InChI is InChI=1S/C22H23BrN4OS/c23-20-8-7-16(29-20)14-26-9-11-27(12-10-26)21-13-18(22(28)24-15-5-6-15)17-3-1-2-4-19(17)25-21/h1-4,7-8,13,15H,5-6,9-12,14H2,(H,24,28). The molecule has 29 heavy (non-hydrogen) atoms. The molecule has 0 bridgehead atoms. The Balaban J connectivity index is 1.34. The van der Waals surface area contributed by atoms with Gasteiger partial charge in [0.05, 0.1) is 14.9 Å². The molecule has 0 unspecified atom stereocenters. The molecule has 3 aromatic rings. The maximum absolute atomic E-state index is 12.8.